The Labute approximate surface area is 182 Å². The van der Waals surface area contributed by atoms with Crippen LogP contribution in [0, 0.1) is 22.7 Å². The zero-order valence-electron chi connectivity index (χ0n) is 19.3. The van der Waals surface area contributed by atoms with Crippen LogP contribution in [0.4, 0.5) is 0 Å². The van der Waals surface area contributed by atoms with Crippen molar-refractivity contribution in [2.75, 3.05) is 6.61 Å². The second-order valence-electron chi connectivity index (χ2n) is 9.85. The van der Waals surface area contributed by atoms with Crippen LogP contribution in [0.25, 0.3) is 0 Å². The van der Waals surface area contributed by atoms with Crippen LogP contribution in [-0.2, 0) is 38.1 Å². The molecule has 0 unspecified atom stereocenters. The molecule has 8 heteroatoms. The smallest absolute Gasteiger partial charge is 0.303 e. The molecule has 6 atom stereocenters. The molecular formula is C23H32O8. The molecule has 172 valence electrons. The monoisotopic (exact) mass is 436 g/mol. The van der Waals surface area contributed by atoms with Gasteiger partial charge in [-0.15, -0.1) is 0 Å². The molecule has 3 rings (SSSR count). The lowest BCUT2D eigenvalue weighted by molar-refractivity contribution is -0.233. The molecule has 0 aromatic heterocycles. The van der Waals surface area contributed by atoms with Crippen LogP contribution in [0.5, 0.6) is 0 Å². The first-order valence-corrected chi connectivity index (χ1v) is 10.7. The molecule has 2 saturated carbocycles. The van der Waals surface area contributed by atoms with E-state index in [1.807, 2.05) is 6.92 Å². The average Bonchev–Trinajstić information content (AvgIpc) is 2.94. The number of hydrogen-bond acceptors (Lipinski definition) is 8. The third-order valence-corrected chi connectivity index (χ3v) is 6.92. The maximum absolute atomic E-state index is 12.1. The quantitative estimate of drug-likeness (QED) is 0.368. The number of carbonyl (C=O) groups is 4. The summed E-state index contributed by atoms with van der Waals surface area (Å²) in [5.74, 6) is -1.95. The maximum atomic E-state index is 12.1. The first-order chi connectivity index (χ1) is 14.3. The first-order valence-electron chi connectivity index (χ1n) is 10.7. The van der Waals surface area contributed by atoms with E-state index in [-0.39, 0.29) is 23.9 Å². The highest BCUT2D eigenvalue weighted by molar-refractivity contribution is 5.71. The van der Waals surface area contributed by atoms with Gasteiger partial charge in [-0.05, 0) is 36.7 Å². The van der Waals surface area contributed by atoms with Gasteiger partial charge in [0.2, 0.25) is 0 Å². The third-order valence-electron chi connectivity index (χ3n) is 6.92. The molecule has 8 nitrogen and oxygen atoms in total. The highest BCUT2D eigenvalue weighted by Crippen LogP contribution is 2.66. The van der Waals surface area contributed by atoms with Crippen molar-refractivity contribution in [3.05, 3.63) is 11.1 Å². The van der Waals surface area contributed by atoms with Crippen LogP contribution in [0.15, 0.2) is 11.1 Å². The molecule has 2 fully saturated rings. The van der Waals surface area contributed by atoms with Crippen LogP contribution in [0.1, 0.15) is 61.3 Å². The van der Waals surface area contributed by atoms with Crippen LogP contribution in [0.3, 0.4) is 0 Å². The molecule has 0 radical (unpaired) electrons. The Morgan fingerprint density at radius 2 is 1.39 bits per heavy atom. The first kappa shape index (κ1) is 23.3. The Morgan fingerprint density at radius 1 is 0.839 bits per heavy atom. The Bertz CT molecular complexity index is 841. The van der Waals surface area contributed by atoms with Crippen molar-refractivity contribution in [1.82, 2.24) is 0 Å². The number of rotatable bonds is 5. The van der Waals surface area contributed by atoms with Crippen molar-refractivity contribution in [3.63, 3.8) is 0 Å². The minimum Gasteiger partial charge on any atom is -0.465 e. The predicted molar refractivity (Wildman–Crippen MR) is 108 cm³/mol. The van der Waals surface area contributed by atoms with Gasteiger partial charge in [-0.1, -0.05) is 19.4 Å². The van der Waals surface area contributed by atoms with Crippen LogP contribution in [-0.4, -0.2) is 48.8 Å². The van der Waals surface area contributed by atoms with Crippen molar-refractivity contribution in [2.45, 2.75) is 79.6 Å². The minimum absolute atomic E-state index is 0.00974. The van der Waals surface area contributed by atoms with Crippen molar-refractivity contribution >= 4 is 23.9 Å². The van der Waals surface area contributed by atoms with Gasteiger partial charge in [-0.2, -0.15) is 0 Å². The number of fused-ring (bicyclic) bond motifs is 2. The molecule has 31 heavy (non-hydrogen) atoms. The molecule has 0 bridgehead atoms. The van der Waals surface area contributed by atoms with Gasteiger partial charge < -0.3 is 18.9 Å². The van der Waals surface area contributed by atoms with Crippen LogP contribution in [0.2, 0.25) is 0 Å². The Morgan fingerprint density at radius 3 is 1.90 bits per heavy atom. The molecule has 0 aromatic rings. The number of esters is 4. The van der Waals surface area contributed by atoms with Gasteiger partial charge >= 0.3 is 23.9 Å². The fraction of sp³-hybridized carbons (Fsp3) is 0.739. The van der Waals surface area contributed by atoms with E-state index in [2.05, 4.69) is 13.8 Å². The second kappa shape index (κ2) is 7.95. The zero-order chi connectivity index (χ0) is 23.3. The van der Waals surface area contributed by atoms with E-state index >= 15 is 0 Å². The summed E-state index contributed by atoms with van der Waals surface area (Å²) in [5, 5.41) is 0. The molecule has 0 aliphatic heterocycles. The minimum atomic E-state index is -1.09. The lowest BCUT2D eigenvalue weighted by Gasteiger charge is -2.61. The lowest BCUT2D eigenvalue weighted by Crippen LogP contribution is -2.72. The normalized spacial score (nSPS) is 35.3. The summed E-state index contributed by atoms with van der Waals surface area (Å²) in [6.07, 6.45) is -0.718. The Hall–Kier alpha value is -2.38. The summed E-state index contributed by atoms with van der Waals surface area (Å²) in [7, 11) is 0. The molecule has 0 saturated heterocycles. The summed E-state index contributed by atoms with van der Waals surface area (Å²) in [5.41, 5.74) is 0.686. The van der Waals surface area contributed by atoms with Gasteiger partial charge in [0, 0.05) is 33.6 Å². The Kier molecular flexibility index (Phi) is 5.97. The number of carbonyl (C=O) groups excluding carboxylic acids is 4. The summed E-state index contributed by atoms with van der Waals surface area (Å²) < 4.78 is 22.5. The SMILES string of the molecule is CC(=O)OC[C@@]12C(=C(C)[C@H]3CC(C)(C)C[C@H]3[C@@H]1OC(C)=O)[C@@H](OC(C)=O)[C@@H]2OC(C)=O. The van der Waals surface area contributed by atoms with Gasteiger partial charge in [0.15, 0.2) is 12.2 Å². The molecule has 0 amide bonds. The van der Waals surface area contributed by atoms with E-state index in [9.17, 15) is 19.2 Å². The molecule has 3 aliphatic carbocycles. The topological polar surface area (TPSA) is 105 Å². The van der Waals surface area contributed by atoms with Gasteiger partial charge in [-0.25, -0.2) is 0 Å². The second-order valence-corrected chi connectivity index (χ2v) is 9.85. The van der Waals surface area contributed by atoms with Crippen LogP contribution >= 0.6 is 0 Å². The zero-order valence-corrected chi connectivity index (χ0v) is 19.3. The van der Waals surface area contributed by atoms with Crippen molar-refractivity contribution in [1.29, 1.82) is 0 Å². The summed E-state index contributed by atoms with van der Waals surface area (Å²) in [6.45, 7) is 11.4. The number of allylic oxidation sites excluding steroid dienone is 1. The van der Waals surface area contributed by atoms with Crippen molar-refractivity contribution in [3.8, 4) is 0 Å². The van der Waals surface area contributed by atoms with Gasteiger partial charge in [0.1, 0.15) is 18.1 Å². The van der Waals surface area contributed by atoms with E-state index in [1.54, 1.807) is 0 Å². The standard InChI is InChI=1S/C23H32O8/c1-11-16-8-22(6,7)9-17(16)20(30-14(4)26)23(10-28-12(2)24)18(11)19(29-13(3)25)21(23)31-15(5)27/h16-17,19-21H,8-10H2,1-7H3/t16-,17-,19-,20+,21+,23-/m1/s1. The summed E-state index contributed by atoms with van der Waals surface area (Å²) >= 11 is 0. The van der Waals surface area contributed by atoms with E-state index in [4.69, 9.17) is 18.9 Å². The highest BCUT2D eigenvalue weighted by Gasteiger charge is 2.73. The Balaban J connectivity index is 2.20. The third kappa shape index (κ3) is 3.96. The summed E-state index contributed by atoms with van der Waals surface area (Å²) in [4.78, 5) is 47.7. The fourth-order valence-electron chi connectivity index (χ4n) is 6.11. The molecule has 0 heterocycles. The molecule has 0 aromatic carbocycles. The molecule has 0 N–H and O–H groups in total. The lowest BCUT2D eigenvalue weighted by atomic mass is 9.49. The predicted octanol–water partition coefficient (Wildman–Crippen LogP) is 2.73. The van der Waals surface area contributed by atoms with Gasteiger partial charge in [0.05, 0.1) is 0 Å². The van der Waals surface area contributed by atoms with E-state index in [0.717, 1.165) is 24.0 Å². The van der Waals surface area contributed by atoms with Crippen LogP contribution < -0.4 is 0 Å². The van der Waals surface area contributed by atoms with Crippen molar-refractivity contribution < 1.29 is 38.1 Å². The average molecular weight is 437 g/mol. The molecular weight excluding hydrogens is 404 g/mol. The van der Waals surface area contributed by atoms with Gasteiger partial charge in [-0.3, -0.25) is 19.2 Å². The van der Waals surface area contributed by atoms with E-state index < -0.39 is 47.6 Å². The molecule has 3 aliphatic rings. The highest BCUT2D eigenvalue weighted by atomic mass is 16.6. The fourth-order valence-corrected chi connectivity index (χ4v) is 6.11. The maximum Gasteiger partial charge on any atom is 0.303 e. The number of ether oxygens (including phenoxy) is 4. The van der Waals surface area contributed by atoms with Crippen molar-refractivity contribution in [2.24, 2.45) is 22.7 Å². The molecule has 0 spiro atoms. The largest absolute Gasteiger partial charge is 0.465 e. The van der Waals surface area contributed by atoms with E-state index in [0.29, 0.717) is 0 Å². The van der Waals surface area contributed by atoms with E-state index in [1.165, 1.54) is 27.7 Å². The summed E-state index contributed by atoms with van der Waals surface area (Å²) in [6, 6.07) is 0. The van der Waals surface area contributed by atoms with Gasteiger partial charge in [0.25, 0.3) is 0 Å². The number of hydrogen-bond donors (Lipinski definition) is 0.